The average Bonchev–Trinajstić information content (AvgIpc) is 3.50. The second kappa shape index (κ2) is 7.87. The Hall–Kier alpha value is -3.52. The number of hydrogen-bond donors (Lipinski definition) is 1. The minimum absolute atomic E-state index is 0.124. The van der Waals surface area contributed by atoms with Gasteiger partial charge >= 0.3 is 0 Å². The molecule has 1 amide bonds. The van der Waals surface area contributed by atoms with Gasteiger partial charge in [0.2, 0.25) is 5.88 Å². The Morgan fingerprint density at radius 1 is 1.25 bits per heavy atom. The van der Waals surface area contributed by atoms with Crippen molar-refractivity contribution in [2.75, 3.05) is 13.7 Å². The summed E-state index contributed by atoms with van der Waals surface area (Å²) in [5.74, 6) is 1.14. The normalized spacial score (nSPS) is 16.2. The van der Waals surface area contributed by atoms with Crippen LogP contribution < -0.4 is 4.74 Å². The smallest absolute Gasteiger partial charge is 0.274 e. The number of aromatic amines is 1. The minimum atomic E-state index is -0.307. The summed E-state index contributed by atoms with van der Waals surface area (Å²) in [6.07, 6.45) is 2.44. The first-order chi connectivity index (χ1) is 15.5. The molecule has 4 heterocycles. The molecule has 0 bridgehead atoms. The highest BCUT2D eigenvalue weighted by Crippen LogP contribution is 2.39. The molecule has 0 saturated carbocycles. The molecule has 8 heteroatoms. The molecule has 1 atom stereocenters. The number of H-pyrrole nitrogens is 1. The molecule has 1 fully saturated rings. The third kappa shape index (κ3) is 3.36. The lowest BCUT2D eigenvalue weighted by Crippen LogP contribution is -2.32. The van der Waals surface area contributed by atoms with Crippen molar-refractivity contribution in [2.24, 2.45) is 0 Å². The summed E-state index contributed by atoms with van der Waals surface area (Å²) >= 11 is 1.49. The van der Waals surface area contributed by atoms with Crippen LogP contribution in [-0.4, -0.2) is 44.4 Å². The van der Waals surface area contributed by atoms with E-state index >= 15 is 0 Å². The zero-order chi connectivity index (χ0) is 22.4. The van der Waals surface area contributed by atoms with E-state index in [4.69, 9.17) is 9.72 Å². The van der Waals surface area contributed by atoms with Gasteiger partial charge in [0.05, 0.1) is 28.0 Å². The van der Waals surface area contributed by atoms with Gasteiger partial charge < -0.3 is 14.6 Å². The topological polar surface area (TPSA) is 84.0 Å². The molecule has 1 saturated heterocycles. The first-order valence-corrected chi connectivity index (χ1v) is 11.2. The number of thiazole rings is 1. The number of pyridine rings is 1. The maximum Gasteiger partial charge on any atom is 0.274 e. The highest BCUT2D eigenvalue weighted by molar-refractivity contribution is 7.15. The van der Waals surface area contributed by atoms with E-state index in [9.17, 15) is 4.79 Å². The fourth-order valence-electron chi connectivity index (χ4n) is 4.17. The summed E-state index contributed by atoms with van der Waals surface area (Å²) < 4.78 is 5.16. The molecular formula is C24H23N5O2S. The third-order valence-corrected chi connectivity index (χ3v) is 6.79. The number of methoxy groups -OCH3 is 1. The Labute approximate surface area is 189 Å². The number of aromatic nitrogens is 4. The van der Waals surface area contributed by atoms with E-state index in [2.05, 4.69) is 21.5 Å². The number of aryl methyl sites for hydroxylation is 2. The molecule has 3 aromatic heterocycles. The second-order valence-corrected chi connectivity index (χ2v) is 9.11. The third-order valence-electron chi connectivity index (χ3n) is 5.77. The number of para-hydroxylation sites is 1. The minimum Gasteiger partial charge on any atom is -0.481 e. The molecule has 1 aliphatic heterocycles. The van der Waals surface area contributed by atoms with Crippen LogP contribution in [0.25, 0.3) is 21.5 Å². The highest BCUT2D eigenvalue weighted by atomic mass is 32.1. The first-order valence-electron chi connectivity index (χ1n) is 10.4. The molecule has 1 aliphatic rings. The summed E-state index contributed by atoms with van der Waals surface area (Å²) in [4.78, 5) is 33.5. The Balaban J connectivity index is 1.53. The quantitative estimate of drug-likeness (QED) is 0.454. The van der Waals surface area contributed by atoms with Gasteiger partial charge in [-0.1, -0.05) is 18.7 Å². The number of amides is 1. The molecule has 0 unspecified atom stereocenters. The number of hydrogen-bond acceptors (Lipinski definition) is 6. The standard InChI is InChI=1S/C24H23N5O2S/c1-13-6-5-7-17-19(13)28-23(27-17)21-14(2)10-11-29(21)24(30)20-22(32-15(3)26-20)16-8-9-18(31-4)25-12-16/h5-9,12,21H,2,10-11H2,1,3-4H3,(H,27,28)/t21-/m0/s1. The van der Waals surface area contributed by atoms with Crippen molar-refractivity contribution in [3.63, 3.8) is 0 Å². The number of nitrogens with zero attached hydrogens (tertiary/aromatic N) is 4. The van der Waals surface area contributed by atoms with Gasteiger partial charge in [-0.15, -0.1) is 11.3 Å². The second-order valence-electron chi connectivity index (χ2n) is 7.90. The van der Waals surface area contributed by atoms with Crippen molar-refractivity contribution in [3.05, 3.63) is 70.8 Å². The van der Waals surface area contributed by atoms with Crippen molar-refractivity contribution in [3.8, 4) is 16.3 Å². The lowest BCUT2D eigenvalue weighted by atomic mass is 10.1. The predicted molar refractivity (Wildman–Crippen MR) is 125 cm³/mol. The van der Waals surface area contributed by atoms with E-state index in [1.165, 1.54) is 11.3 Å². The number of ether oxygens (including phenoxy) is 1. The number of benzene rings is 1. The van der Waals surface area contributed by atoms with Gasteiger partial charge in [0.1, 0.15) is 17.6 Å². The molecular weight excluding hydrogens is 422 g/mol. The number of imidazole rings is 1. The summed E-state index contributed by atoms with van der Waals surface area (Å²) in [7, 11) is 1.58. The number of carbonyl (C=O) groups excluding carboxylic acids is 1. The fraction of sp³-hybridized carbons (Fsp3) is 0.250. The molecule has 1 aromatic carbocycles. The van der Waals surface area contributed by atoms with Crippen LogP contribution >= 0.6 is 11.3 Å². The highest BCUT2D eigenvalue weighted by Gasteiger charge is 2.37. The molecule has 0 radical (unpaired) electrons. The van der Waals surface area contributed by atoms with E-state index in [1.807, 2.05) is 43.0 Å². The van der Waals surface area contributed by atoms with E-state index in [0.717, 1.165) is 49.9 Å². The zero-order valence-corrected chi connectivity index (χ0v) is 19.0. The largest absolute Gasteiger partial charge is 0.481 e. The molecule has 0 aliphatic carbocycles. The maximum absolute atomic E-state index is 13.7. The van der Waals surface area contributed by atoms with Crippen molar-refractivity contribution >= 4 is 28.3 Å². The van der Waals surface area contributed by atoms with Gasteiger partial charge in [-0.2, -0.15) is 0 Å². The number of rotatable bonds is 4. The fourth-order valence-corrected chi connectivity index (χ4v) is 5.07. The maximum atomic E-state index is 13.7. The van der Waals surface area contributed by atoms with Crippen LogP contribution in [0.5, 0.6) is 5.88 Å². The average molecular weight is 446 g/mol. The van der Waals surface area contributed by atoms with Crippen LogP contribution in [0, 0.1) is 13.8 Å². The number of fused-ring (bicyclic) bond motifs is 1. The molecule has 0 spiro atoms. The van der Waals surface area contributed by atoms with Crippen LogP contribution in [0.3, 0.4) is 0 Å². The molecule has 4 aromatic rings. The summed E-state index contributed by atoms with van der Waals surface area (Å²) in [5, 5.41) is 0.827. The Morgan fingerprint density at radius 3 is 2.81 bits per heavy atom. The lowest BCUT2D eigenvalue weighted by molar-refractivity contribution is 0.0737. The van der Waals surface area contributed by atoms with Crippen molar-refractivity contribution in [1.29, 1.82) is 0 Å². The molecule has 32 heavy (non-hydrogen) atoms. The van der Waals surface area contributed by atoms with E-state index in [-0.39, 0.29) is 11.9 Å². The van der Waals surface area contributed by atoms with E-state index < -0.39 is 0 Å². The van der Waals surface area contributed by atoms with Gasteiger partial charge in [0.15, 0.2) is 0 Å². The molecule has 7 nitrogen and oxygen atoms in total. The van der Waals surface area contributed by atoms with Crippen LogP contribution in [0.4, 0.5) is 0 Å². The molecule has 162 valence electrons. The van der Waals surface area contributed by atoms with Gasteiger partial charge in [0, 0.05) is 24.4 Å². The van der Waals surface area contributed by atoms with Crippen LogP contribution in [0.1, 0.15) is 39.3 Å². The SMILES string of the molecule is C=C1CCN(C(=O)c2nc(C)sc2-c2ccc(OC)nc2)[C@@H]1c1nc2c(C)cccc2[nH]1. The number of nitrogens with one attached hydrogen (secondary N) is 1. The van der Waals surface area contributed by atoms with Gasteiger partial charge in [-0.25, -0.2) is 15.0 Å². The summed E-state index contributed by atoms with van der Waals surface area (Å²) in [6.45, 7) is 8.76. The number of likely N-dealkylation sites (tertiary alicyclic amines) is 1. The van der Waals surface area contributed by atoms with Crippen LogP contribution in [0.15, 0.2) is 48.7 Å². The predicted octanol–water partition coefficient (Wildman–Crippen LogP) is 4.85. The van der Waals surface area contributed by atoms with Gasteiger partial charge in [-0.05, 0) is 43.5 Å². The van der Waals surface area contributed by atoms with Crippen LogP contribution in [-0.2, 0) is 0 Å². The zero-order valence-electron chi connectivity index (χ0n) is 18.2. The molecule has 1 N–H and O–H groups in total. The van der Waals surface area contributed by atoms with Gasteiger partial charge in [-0.3, -0.25) is 4.79 Å². The molecule has 5 rings (SSSR count). The van der Waals surface area contributed by atoms with Crippen molar-refractivity contribution in [2.45, 2.75) is 26.3 Å². The summed E-state index contributed by atoms with van der Waals surface area (Å²) in [6, 6.07) is 9.42. The van der Waals surface area contributed by atoms with E-state index in [0.29, 0.717) is 18.1 Å². The number of carbonyl (C=O) groups is 1. The van der Waals surface area contributed by atoms with Crippen molar-refractivity contribution < 1.29 is 9.53 Å². The Bertz CT molecular complexity index is 1340. The van der Waals surface area contributed by atoms with Crippen molar-refractivity contribution in [1.82, 2.24) is 24.8 Å². The first kappa shape index (κ1) is 20.4. The Morgan fingerprint density at radius 2 is 2.09 bits per heavy atom. The summed E-state index contributed by atoms with van der Waals surface area (Å²) in [5.41, 5.74) is 5.22. The monoisotopic (exact) mass is 445 g/mol. The van der Waals surface area contributed by atoms with Gasteiger partial charge in [0.25, 0.3) is 5.91 Å². The van der Waals surface area contributed by atoms with Crippen LogP contribution in [0.2, 0.25) is 0 Å². The lowest BCUT2D eigenvalue weighted by Gasteiger charge is -2.23. The Kier molecular flexibility index (Phi) is 5.01. The van der Waals surface area contributed by atoms with E-state index in [1.54, 1.807) is 19.4 Å².